The Hall–Kier alpha value is -0.0800. The highest BCUT2D eigenvalue weighted by atomic mass is 15.2. The van der Waals surface area contributed by atoms with Gasteiger partial charge >= 0.3 is 0 Å². The molecule has 19 heavy (non-hydrogen) atoms. The lowest BCUT2D eigenvalue weighted by Crippen LogP contribution is -2.44. The van der Waals surface area contributed by atoms with Crippen LogP contribution < -0.4 is 11.3 Å². The van der Waals surface area contributed by atoms with Crippen LogP contribution in [0.1, 0.15) is 71.6 Å². The Morgan fingerprint density at radius 1 is 1.11 bits per heavy atom. The highest BCUT2D eigenvalue weighted by Gasteiger charge is 2.41. The highest BCUT2D eigenvalue weighted by molar-refractivity contribution is 4.93. The maximum absolute atomic E-state index is 5.90. The van der Waals surface area contributed by atoms with Crippen molar-refractivity contribution in [2.24, 2.45) is 34.9 Å². The topological polar surface area (TPSA) is 38.0 Å². The second-order valence-electron chi connectivity index (χ2n) is 8.45. The summed E-state index contributed by atoms with van der Waals surface area (Å²) in [5.41, 5.74) is 3.76. The average Bonchev–Trinajstić information content (AvgIpc) is 2.98. The quantitative estimate of drug-likeness (QED) is 0.597. The van der Waals surface area contributed by atoms with Crippen LogP contribution in [-0.2, 0) is 0 Å². The molecule has 0 amide bonds. The monoisotopic (exact) mass is 264 g/mol. The molecule has 0 saturated heterocycles. The molecule has 0 aliphatic heterocycles. The van der Waals surface area contributed by atoms with Gasteiger partial charge in [-0.3, -0.25) is 11.3 Å². The van der Waals surface area contributed by atoms with E-state index in [1.807, 2.05) is 0 Å². The van der Waals surface area contributed by atoms with Crippen molar-refractivity contribution in [3.8, 4) is 0 Å². The van der Waals surface area contributed by atoms with Gasteiger partial charge in [-0.15, -0.1) is 0 Å². The summed E-state index contributed by atoms with van der Waals surface area (Å²) in [4.78, 5) is 0. The van der Waals surface area contributed by atoms with Gasteiger partial charge < -0.3 is 0 Å². The van der Waals surface area contributed by atoms with Gasteiger partial charge in [0, 0.05) is 6.04 Å². The summed E-state index contributed by atoms with van der Waals surface area (Å²) in [6.07, 6.45) is 12.9. The summed E-state index contributed by atoms with van der Waals surface area (Å²) in [6.45, 7) is 4.84. The Morgan fingerprint density at radius 3 is 2.37 bits per heavy atom. The molecule has 0 aromatic carbocycles. The van der Waals surface area contributed by atoms with Crippen LogP contribution in [0.5, 0.6) is 0 Å². The molecule has 3 saturated carbocycles. The Balaban J connectivity index is 1.53. The molecule has 0 spiro atoms. The van der Waals surface area contributed by atoms with E-state index >= 15 is 0 Å². The van der Waals surface area contributed by atoms with E-state index in [0.717, 1.165) is 23.7 Å². The van der Waals surface area contributed by atoms with Crippen LogP contribution in [0.25, 0.3) is 0 Å². The molecule has 0 radical (unpaired) electrons. The highest BCUT2D eigenvalue weighted by Crippen LogP contribution is 2.51. The van der Waals surface area contributed by atoms with Gasteiger partial charge in [-0.2, -0.15) is 0 Å². The van der Waals surface area contributed by atoms with Crippen LogP contribution >= 0.6 is 0 Å². The summed E-state index contributed by atoms with van der Waals surface area (Å²) >= 11 is 0. The minimum atomic E-state index is 0.572. The predicted molar refractivity (Wildman–Crippen MR) is 80.4 cm³/mol. The maximum Gasteiger partial charge on any atom is 0.0241 e. The second kappa shape index (κ2) is 5.37. The minimum absolute atomic E-state index is 0.572. The Labute approximate surface area is 118 Å². The smallest absolute Gasteiger partial charge is 0.0241 e. The largest absolute Gasteiger partial charge is 0.271 e. The molecule has 3 aliphatic carbocycles. The fourth-order valence-electron chi connectivity index (χ4n) is 5.21. The first-order valence-electron chi connectivity index (χ1n) is 8.53. The summed E-state index contributed by atoms with van der Waals surface area (Å²) in [7, 11) is 0. The van der Waals surface area contributed by atoms with Crippen molar-refractivity contribution < 1.29 is 0 Å². The van der Waals surface area contributed by atoms with Crippen molar-refractivity contribution in [3.63, 3.8) is 0 Å². The molecule has 0 aromatic rings. The number of hydrogen-bond donors (Lipinski definition) is 2. The van der Waals surface area contributed by atoms with Crippen molar-refractivity contribution in [3.05, 3.63) is 0 Å². The molecule has 0 aromatic heterocycles. The van der Waals surface area contributed by atoms with Gasteiger partial charge in [0.1, 0.15) is 0 Å². The first-order chi connectivity index (χ1) is 9.07. The molecular formula is C17H32N2. The first-order valence-corrected chi connectivity index (χ1v) is 8.53. The molecule has 4 unspecified atom stereocenters. The molecule has 0 heterocycles. The number of hydrogen-bond acceptors (Lipinski definition) is 2. The number of rotatable bonds is 4. The Bertz CT molecular complexity index is 302. The standard InChI is InChI=1S/C17H32N2/c1-17(2)7-5-13(6-8-17)16(19-18)11-15-10-12-3-4-14(15)9-12/h12-16,19H,3-11,18H2,1-2H3. The lowest BCUT2D eigenvalue weighted by Gasteiger charge is -2.39. The summed E-state index contributed by atoms with van der Waals surface area (Å²) in [5, 5.41) is 0. The zero-order valence-electron chi connectivity index (χ0n) is 12.8. The van der Waals surface area contributed by atoms with Crippen LogP contribution in [0.2, 0.25) is 0 Å². The van der Waals surface area contributed by atoms with Gasteiger partial charge in [0.25, 0.3) is 0 Å². The van der Waals surface area contributed by atoms with Crippen LogP contribution in [0.3, 0.4) is 0 Å². The number of fused-ring (bicyclic) bond motifs is 2. The third-order valence-electron chi connectivity index (χ3n) is 6.61. The van der Waals surface area contributed by atoms with E-state index in [1.54, 1.807) is 0 Å². The van der Waals surface area contributed by atoms with E-state index in [9.17, 15) is 0 Å². The minimum Gasteiger partial charge on any atom is -0.271 e. The van der Waals surface area contributed by atoms with E-state index in [4.69, 9.17) is 5.84 Å². The zero-order chi connectivity index (χ0) is 13.5. The van der Waals surface area contributed by atoms with Gasteiger partial charge in [0.2, 0.25) is 0 Å². The number of nitrogens with two attached hydrogens (primary N) is 1. The lowest BCUT2D eigenvalue weighted by atomic mass is 9.69. The van der Waals surface area contributed by atoms with Gasteiger partial charge in [-0.05, 0) is 80.5 Å². The molecule has 2 nitrogen and oxygen atoms in total. The average molecular weight is 264 g/mol. The fraction of sp³-hybridized carbons (Fsp3) is 1.00. The molecular weight excluding hydrogens is 232 g/mol. The molecule has 3 aliphatic rings. The molecule has 2 bridgehead atoms. The summed E-state index contributed by atoms with van der Waals surface area (Å²) in [5.74, 6) is 9.82. The summed E-state index contributed by atoms with van der Waals surface area (Å²) < 4.78 is 0. The van der Waals surface area contributed by atoms with E-state index < -0.39 is 0 Å². The number of hydrazine groups is 1. The second-order valence-corrected chi connectivity index (χ2v) is 8.45. The van der Waals surface area contributed by atoms with E-state index in [-0.39, 0.29) is 0 Å². The van der Waals surface area contributed by atoms with Gasteiger partial charge in [-0.1, -0.05) is 20.3 Å². The predicted octanol–water partition coefficient (Wildman–Crippen LogP) is 3.86. The molecule has 110 valence electrons. The Morgan fingerprint density at radius 2 is 1.84 bits per heavy atom. The van der Waals surface area contributed by atoms with Crippen molar-refractivity contribution in [1.29, 1.82) is 0 Å². The van der Waals surface area contributed by atoms with Crippen LogP contribution in [0, 0.1) is 29.1 Å². The van der Waals surface area contributed by atoms with Crippen LogP contribution in [-0.4, -0.2) is 6.04 Å². The zero-order valence-corrected chi connectivity index (χ0v) is 12.8. The normalized spacial score (nSPS) is 39.6. The summed E-state index contributed by atoms with van der Waals surface area (Å²) in [6, 6.07) is 0.584. The van der Waals surface area contributed by atoms with Crippen molar-refractivity contribution in [1.82, 2.24) is 5.43 Å². The fourth-order valence-corrected chi connectivity index (χ4v) is 5.21. The van der Waals surface area contributed by atoms with Crippen LogP contribution in [0.4, 0.5) is 0 Å². The molecule has 3 N–H and O–H groups in total. The van der Waals surface area contributed by atoms with Crippen molar-refractivity contribution in [2.45, 2.75) is 77.7 Å². The SMILES string of the molecule is CC1(C)CCC(C(CC2CC3CCC2C3)NN)CC1. The first kappa shape index (κ1) is 13.9. The molecule has 4 atom stereocenters. The van der Waals surface area contributed by atoms with E-state index in [2.05, 4.69) is 19.3 Å². The van der Waals surface area contributed by atoms with Gasteiger partial charge in [-0.25, -0.2) is 0 Å². The van der Waals surface area contributed by atoms with E-state index in [0.29, 0.717) is 11.5 Å². The molecule has 3 fully saturated rings. The van der Waals surface area contributed by atoms with Gasteiger partial charge in [0.15, 0.2) is 0 Å². The molecule has 3 rings (SSSR count). The maximum atomic E-state index is 5.90. The van der Waals surface area contributed by atoms with Crippen molar-refractivity contribution in [2.75, 3.05) is 0 Å². The third kappa shape index (κ3) is 3.00. The van der Waals surface area contributed by atoms with Crippen LogP contribution in [0.15, 0.2) is 0 Å². The van der Waals surface area contributed by atoms with E-state index in [1.165, 1.54) is 57.8 Å². The Kier molecular flexibility index (Phi) is 3.92. The number of nitrogens with one attached hydrogen (secondary N) is 1. The third-order valence-corrected chi connectivity index (χ3v) is 6.61. The lowest BCUT2D eigenvalue weighted by molar-refractivity contribution is 0.141. The molecule has 2 heteroatoms. The van der Waals surface area contributed by atoms with Gasteiger partial charge in [0.05, 0.1) is 0 Å². The van der Waals surface area contributed by atoms with Crippen molar-refractivity contribution >= 4 is 0 Å².